The number of pyridine rings is 1. The van der Waals surface area contributed by atoms with Gasteiger partial charge in [-0.15, -0.1) is 10.2 Å². The molecule has 1 atom stereocenters. The van der Waals surface area contributed by atoms with Crippen LogP contribution in [0, 0.1) is 0 Å². The van der Waals surface area contributed by atoms with Crippen LogP contribution in [0.4, 0.5) is 10.9 Å². The number of aryl methyl sites for hydroxylation is 2. The predicted octanol–water partition coefficient (Wildman–Crippen LogP) is 4.30. The second kappa shape index (κ2) is 8.74. The number of benzene rings is 1. The molecular weight excluding hydrogens is 408 g/mol. The lowest BCUT2D eigenvalue weighted by atomic mass is 10.1. The zero-order valence-electron chi connectivity index (χ0n) is 17.8. The highest BCUT2D eigenvalue weighted by molar-refractivity contribution is 7.15. The zero-order chi connectivity index (χ0) is 21.2. The monoisotopic (exact) mass is 434 g/mol. The number of morpholine rings is 1. The number of anilines is 2. The minimum atomic E-state index is -0.0499. The number of fused-ring (bicyclic) bond motifs is 1. The summed E-state index contributed by atoms with van der Waals surface area (Å²) in [6, 6.07) is 14.6. The highest BCUT2D eigenvalue weighted by Gasteiger charge is 2.24. The number of rotatable bonds is 6. The molecule has 5 rings (SSSR count). The van der Waals surface area contributed by atoms with Gasteiger partial charge < -0.3 is 14.6 Å². The molecule has 0 saturated carbocycles. The van der Waals surface area contributed by atoms with Crippen LogP contribution in [0.3, 0.4) is 0 Å². The lowest BCUT2D eigenvalue weighted by molar-refractivity contribution is -0.0348. The average Bonchev–Trinajstić information content (AvgIpc) is 3.38. The lowest BCUT2D eigenvalue weighted by Crippen LogP contribution is -2.38. The van der Waals surface area contributed by atoms with Crippen molar-refractivity contribution in [1.29, 1.82) is 0 Å². The van der Waals surface area contributed by atoms with Crippen LogP contribution in [-0.2, 0) is 24.8 Å². The Kier molecular flexibility index (Phi) is 5.67. The van der Waals surface area contributed by atoms with Crippen LogP contribution in [0.5, 0.6) is 0 Å². The molecule has 4 aromatic rings. The Balaban J connectivity index is 1.30. The van der Waals surface area contributed by atoms with Crippen LogP contribution in [0.25, 0.3) is 10.9 Å². The smallest absolute Gasteiger partial charge is 0.211 e. The van der Waals surface area contributed by atoms with Gasteiger partial charge in [0.25, 0.3) is 0 Å². The summed E-state index contributed by atoms with van der Waals surface area (Å²) in [4.78, 5) is 7.25. The van der Waals surface area contributed by atoms with E-state index in [4.69, 9.17) is 9.72 Å². The molecular formula is C23H26N6OS. The van der Waals surface area contributed by atoms with Crippen molar-refractivity contribution < 1.29 is 4.74 Å². The van der Waals surface area contributed by atoms with E-state index in [1.54, 1.807) is 11.3 Å². The Bertz CT molecular complexity index is 1190. The van der Waals surface area contributed by atoms with E-state index in [1.807, 2.05) is 18.2 Å². The first-order valence-corrected chi connectivity index (χ1v) is 11.4. The quantitative estimate of drug-likeness (QED) is 0.488. The van der Waals surface area contributed by atoms with E-state index >= 15 is 0 Å². The molecule has 1 aliphatic rings. The van der Waals surface area contributed by atoms with E-state index in [-0.39, 0.29) is 6.10 Å². The molecule has 0 bridgehead atoms. The van der Waals surface area contributed by atoms with Crippen molar-refractivity contribution in [2.45, 2.75) is 26.0 Å². The number of para-hydroxylation sites is 1. The number of hydrogen-bond donors (Lipinski definition) is 1. The topological polar surface area (TPSA) is 68.1 Å². The molecule has 160 valence electrons. The maximum absolute atomic E-state index is 6.09. The van der Waals surface area contributed by atoms with Gasteiger partial charge in [0.05, 0.1) is 12.3 Å². The van der Waals surface area contributed by atoms with Crippen molar-refractivity contribution in [3.63, 3.8) is 0 Å². The van der Waals surface area contributed by atoms with Crippen LogP contribution < -0.4 is 5.32 Å². The van der Waals surface area contributed by atoms with E-state index in [0.717, 1.165) is 47.7 Å². The fourth-order valence-electron chi connectivity index (χ4n) is 4.07. The highest BCUT2D eigenvalue weighted by Crippen LogP contribution is 2.27. The fraction of sp³-hybridized carbons (Fsp3) is 0.348. The first-order valence-electron chi connectivity index (χ1n) is 10.6. The summed E-state index contributed by atoms with van der Waals surface area (Å²) in [6.07, 6.45) is 3.07. The molecule has 1 aliphatic heterocycles. The lowest BCUT2D eigenvalue weighted by Gasteiger charge is -2.32. The summed E-state index contributed by atoms with van der Waals surface area (Å²) in [6.45, 7) is 5.42. The molecule has 0 spiro atoms. The van der Waals surface area contributed by atoms with Crippen LogP contribution in [0.1, 0.15) is 29.3 Å². The molecule has 1 fully saturated rings. The highest BCUT2D eigenvalue weighted by atomic mass is 32.1. The predicted molar refractivity (Wildman–Crippen MR) is 124 cm³/mol. The normalized spacial score (nSPS) is 17.3. The van der Waals surface area contributed by atoms with Crippen molar-refractivity contribution in [2.24, 2.45) is 7.05 Å². The Labute approximate surface area is 185 Å². The van der Waals surface area contributed by atoms with Crippen molar-refractivity contribution in [2.75, 3.05) is 25.0 Å². The Morgan fingerprint density at radius 1 is 1.16 bits per heavy atom. The maximum atomic E-state index is 6.09. The van der Waals surface area contributed by atoms with Crippen LogP contribution in [-0.4, -0.2) is 44.3 Å². The van der Waals surface area contributed by atoms with Gasteiger partial charge >= 0.3 is 0 Å². The number of nitrogens with one attached hydrogen (secondary N) is 1. The second-order valence-corrected chi connectivity index (χ2v) is 8.87. The van der Waals surface area contributed by atoms with E-state index in [9.17, 15) is 0 Å². The standard InChI is InChI=1S/C23H26N6OS/c1-3-22-26-27-23(31-22)25-21-10-6-8-18(24-21)20-15-29(11-12-30-20)14-16-13-28(2)19-9-5-4-7-17(16)19/h4-10,13,20H,3,11-12,14-15H2,1-2H3,(H,24,25,27). The van der Waals surface area contributed by atoms with Gasteiger partial charge in [-0.05, 0) is 30.2 Å². The maximum Gasteiger partial charge on any atom is 0.211 e. The van der Waals surface area contributed by atoms with Gasteiger partial charge in [-0.2, -0.15) is 0 Å². The molecule has 1 saturated heterocycles. The van der Waals surface area contributed by atoms with E-state index in [2.05, 4.69) is 69.4 Å². The zero-order valence-corrected chi connectivity index (χ0v) is 18.6. The van der Waals surface area contributed by atoms with Crippen LogP contribution in [0.15, 0.2) is 48.7 Å². The fourth-order valence-corrected chi connectivity index (χ4v) is 4.76. The summed E-state index contributed by atoms with van der Waals surface area (Å²) in [5.41, 5.74) is 3.56. The molecule has 0 amide bonds. The Morgan fingerprint density at radius 2 is 2.06 bits per heavy atom. The van der Waals surface area contributed by atoms with Gasteiger partial charge in [-0.1, -0.05) is 42.5 Å². The second-order valence-electron chi connectivity index (χ2n) is 7.80. The number of nitrogens with zero attached hydrogens (tertiary/aromatic N) is 5. The van der Waals surface area contributed by atoms with Gasteiger partial charge in [-0.25, -0.2) is 4.98 Å². The summed E-state index contributed by atoms with van der Waals surface area (Å²) in [5, 5.41) is 14.7. The third kappa shape index (κ3) is 4.32. The molecule has 1 aromatic carbocycles. The first kappa shape index (κ1) is 20.1. The molecule has 31 heavy (non-hydrogen) atoms. The van der Waals surface area contributed by atoms with Gasteiger partial charge in [0, 0.05) is 43.8 Å². The molecule has 0 radical (unpaired) electrons. The molecule has 7 nitrogen and oxygen atoms in total. The molecule has 1 N–H and O–H groups in total. The minimum absolute atomic E-state index is 0.0499. The molecule has 4 heterocycles. The number of hydrogen-bond acceptors (Lipinski definition) is 7. The Hall–Kier alpha value is -2.81. The Morgan fingerprint density at radius 3 is 2.94 bits per heavy atom. The van der Waals surface area contributed by atoms with Crippen LogP contribution >= 0.6 is 11.3 Å². The number of aromatic nitrogens is 4. The van der Waals surface area contributed by atoms with Gasteiger partial charge in [0.1, 0.15) is 16.9 Å². The first-order chi connectivity index (χ1) is 15.2. The van der Waals surface area contributed by atoms with Crippen molar-refractivity contribution in [3.8, 4) is 0 Å². The number of ether oxygens (including phenoxy) is 1. The molecule has 0 aliphatic carbocycles. The third-order valence-electron chi connectivity index (χ3n) is 5.63. The van der Waals surface area contributed by atoms with Crippen molar-refractivity contribution in [3.05, 3.63) is 64.9 Å². The van der Waals surface area contributed by atoms with Gasteiger partial charge in [0.2, 0.25) is 5.13 Å². The van der Waals surface area contributed by atoms with Crippen molar-refractivity contribution >= 4 is 33.2 Å². The van der Waals surface area contributed by atoms with Gasteiger partial charge in [-0.3, -0.25) is 4.90 Å². The molecule has 8 heteroatoms. The van der Waals surface area contributed by atoms with Crippen LogP contribution in [0.2, 0.25) is 0 Å². The summed E-state index contributed by atoms with van der Waals surface area (Å²) in [5.74, 6) is 0.770. The van der Waals surface area contributed by atoms with E-state index < -0.39 is 0 Å². The van der Waals surface area contributed by atoms with Crippen molar-refractivity contribution in [1.82, 2.24) is 24.6 Å². The minimum Gasteiger partial charge on any atom is -0.369 e. The molecule has 1 unspecified atom stereocenters. The molecule has 3 aromatic heterocycles. The summed E-state index contributed by atoms with van der Waals surface area (Å²) >= 11 is 1.56. The largest absolute Gasteiger partial charge is 0.369 e. The van der Waals surface area contributed by atoms with E-state index in [1.165, 1.54) is 16.5 Å². The van der Waals surface area contributed by atoms with E-state index in [0.29, 0.717) is 6.61 Å². The SMILES string of the molecule is CCc1nnc(Nc2cccc(C3CN(Cc4cn(C)c5ccccc45)CCO3)n2)s1. The summed E-state index contributed by atoms with van der Waals surface area (Å²) in [7, 11) is 2.11. The third-order valence-corrected chi connectivity index (χ3v) is 6.61. The van der Waals surface area contributed by atoms with Gasteiger partial charge in [0.15, 0.2) is 0 Å². The summed E-state index contributed by atoms with van der Waals surface area (Å²) < 4.78 is 8.29. The average molecular weight is 435 g/mol.